The van der Waals surface area contributed by atoms with Gasteiger partial charge in [0.05, 0.1) is 16.7 Å². The van der Waals surface area contributed by atoms with Gasteiger partial charge < -0.3 is 0 Å². The molecule has 3 rings (SSSR count). The molecular formula is C17H16ClNO2S. The molecule has 2 atom stereocenters. The number of rotatable bonds is 3. The number of benzene rings is 1. The fraction of sp³-hybridized carbons (Fsp3) is 0.235. The van der Waals surface area contributed by atoms with Crippen LogP contribution in [-0.4, -0.2) is 26.4 Å². The maximum Gasteiger partial charge on any atom is 0.182 e. The van der Waals surface area contributed by atoms with Crippen molar-refractivity contribution < 1.29 is 8.42 Å². The Balaban J connectivity index is 1.96. The van der Waals surface area contributed by atoms with Crippen molar-refractivity contribution >= 4 is 27.7 Å². The second-order valence-corrected chi connectivity index (χ2v) is 8.07. The normalized spacial score (nSPS) is 27.1. The fourth-order valence-corrected chi connectivity index (χ4v) is 4.49. The molecule has 1 heterocycles. The molecule has 0 amide bonds. The molecule has 2 aliphatic rings. The van der Waals surface area contributed by atoms with E-state index in [0.29, 0.717) is 9.93 Å². The minimum absolute atomic E-state index is 0.0525. The van der Waals surface area contributed by atoms with Crippen LogP contribution in [0.25, 0.3) is 0 Å². The standard InChI is InChI=1S/C17H16ClNO2S/c1-17-10-5-11-19-16(17)13(8-9-15(17)18)12-22(20,21)14-6-3-2-4-7-14/h2-11,16H,12H2,1H3. The zero-order valence-electron chi connectivity index (χ0n) is 12.1. The molecule has 0 saturated carbocycles. The van der Waals surface area contributed by atoms with Gasteiger partial charge in [-0.15, -0.1) is 0 Å². The van der Waals surface area contributed by atoms with Crippen LogP contribution < -0.4 is 0 Å². The third-order valence-electron chi connectivity index (χ3n) is 4.10. The Labute approximate surface area is 135 Å². The molecule has 0 aromatic heterocycles. The van der Waals surface area contributed by atoms with Gasteiger partial charge in [0.15, 0.2) is 9.84 Å². The van der Waals surface area contributed by atoms with Crippen molar-refractivity contribution in [2.24, 2.45) is 10.4 Å². The van der Waals surface area contributed by atoms with E-state index in [9.17, 15) is 8.42 Å². The third-order valence-corrected chi connectivity index (χ3v) is 6.34. The molecule has 1 aromatic rings. The highest BCUT2D eigenvalue weighted by Gasteiger charge is 2.41. The molecule has 2 unspecified atom stereocenters. The molecule has 0 fully saturated rings. The molecule has 1 aliphatic carbocycles. The summed E-state index contributed by atoms with van der Waals surface area (Å²) >= 11 is 6.33. The number of dihydropyridines is 1. The number of halogens is 1. The lowest BCUT2D eigenvalue weighted by molar-refractivity contribution is 0.450. The molecule has 114 valence electrons. The predicted molar refractivity (Wildman–Crippen MR) is 90.0 cm³/mol. The van der Waals surface area contributed by atoms with Crippen molar-refractivity contribution in [3.63, 3.8) is 0 Å². The predicted octanol–water partition coefficient (Wildman–Crippen LogP) is 3.54. The van der Waals surface area contributed by atoms with Gasteiger partial charge in [0, 0.05) is 16.7 Å². The number of nitrogens with zero attached hydrogens (tertiary/aromatic N) is 1. The van der Waals surface area contributed by atoms with Crippen LogP contribution in [0.15, 0.2) is 75.1 Å². The second-order valence-electron chi connectivity index (χ2n) is 5.67. The Morgan fingerprint density at radius 1 is 1.23 bits per heavy atom. The average Bonchev–Trinajstić information content (AvgIpc) is 2.51. The Bertz CT molecular complexity index is 806. The Kier molecular flexibility index (Phi) is 3.83. The molecule has 0 N–H and O–H groups in total. The molecule has 0 spiro atoms. The Hall–Kier alpha value is -1.65. The van der Waals surface area contributed by atoms with Crippen LogP contribution in [0.1, 0.15) is 6.92 Å². The van der Waals surface area contributed by atoms with E-state index < -0.39 is 15.3 Å². The highest BCUT2D eigenvalue weighted by Crippen LogP contribution is 2.44. The van der Waals surface area contributed by atoms with Crippen LogP contribution in [-0.2, 0) is 9.84 Å². The van der Waals surface area contributed by atoms with Crippen molar-refractivity contribution in [1.29, 1.82) is 0 Å². The van der Waals surface area contributed by atoms with Crippen LogP contribution >= 0.6 is 11.6 Å². The van der Waals surface area contributed by atoms with E-state index in [1.54, 1.807) is 48.7 Å². The zero-order chi connectivity index (χ0) is 15.8. The number of fused-ring (bicyclic) bond motifs is 1. The highest BCUT2D eigenvalue weighted by atomic mass is 35.5. The molecule has 3 nitrogen and oxygen atoms in total. The summed E-state index contributed by atoms with van der Waals surface area (Å²) in [7, 11) is -3.39. The summed E-state index contributed by atoms with van der Waals surface area (Å²) in [5, 5.41) is 0.673. The van der Waals surface area contributed by atoms with Gasteiger partial charge >= 0.3 is 0 Å². The number of hydrogen-bond acceptors (Lipinski definition) is 3. The van der Waals surface area contributed by atoms with Crippen LogP contribution in [0.2, 0.25) is 0 Å². The zero-order valence-corrected chi connectivity index (χ0v) is 13.7. The van der Waals surface area contributed by atoms with Gasteiger partial charge in [-0.3, -0.25) is 4.99 Å². The molecule has 22 heavy (non-hydrogen) atoms. The minimum Gasteiger partial charge on any atom is -0.284 e. The lowest BCUT2D eigenvalue weighted by Crippen LogP contribution is -2.37. The maximum atomic E-state index is 12.6. The van der Waals surface area contributed by atoms with E-state index in [4.69, 9.17) is 11.6 Å². The van der Waals surface area contributed by atoms with Gasteiger partial charge in [0.1, 0.15) is 0 Å². The lowest BCUT2D eigenvalue weighted by atomic mass is 9.74. The van der Waals surface area contributed by atoms with Gasteiger partial charge in [0.25, 0.3) is 0 Å². The molecule has 5 heteroatoms. The summed E-state index contributed by atoms with van der Waals surface area (Å²) in [4.78, 5) is 4.79. The summed E-state index contributed by atoms with van der Waals surface area (Å²) in [6.45, 7) is 1.98. The summed E-state index contributed by atoms with van der Waals surface area (Å²) in [6, 6.07) is 8.22. The number of aliphatic imine (C=N–C) groups is 1. The first-order chi connectivity index (χ1) is 10.4. The van der Waals surface area contributed by atoms with Gasteiger partial charge in [-0.1, -0.05) is 42.0 Å². The molecule has 0 saturated heterocycles. The van der Waals surface area contributed by atoms with Gasteiger partial charge in [0.2, 0.25) is 0 Å². The van der Waals surface area contributed by atoms with Crippen LogP contribution in [0.3, 0.4) is 0 Å². The van der Waals surface area contributed by atoms with Gasteiger partial charge in [-0.2, -0.15) is 0 Å². The second kappa shape index (κ2) is 5.52. The van der Waals surface area contributed by atoms with E-state index in [0.717, 1.165) is 5.57 Å². The van der Waals surface area contributed by atoms with E-state index in [1.165, 1.54) is 0 Å². The summed E-state index contributed by atoms with van der Waals surface area (Å²) in [5.74, 6) is -0.0525. The molecule has 1 aromatic carbocycles. The van der Waals surface area contributed by atoms with Crippen LogP contribution in [0, 0.1) is 5.41 Å². The SMILES string of the molecule is CC12C=CC=NC1C(CS(=O)(=O)c1ccccc1)=CC=C2Cl. The molecule has 0 radical (unpaired) electrons. The first kappa shape index (κ1) is 15.3. The van der Waals surface area contributed by atoms with Crippen molar-refractivity contribution in [3.8, 4) is 0 Å². The van der Waals surface area contributed by atoms with Gasteiger partial charge in [-0.05, 0) is 36.8 Å². The summed E-state index contributed by atoms with van der Waals surface area (Å²) < 4.78 is 25.2. The number of allylic oxidation sites excluding steroid dienone is 3. The van der Waals surface area contributed by atoms with Crippen LogP contribution in [0.5, 0.6) is 0 Å². The largest absolute Gasteiger partial charge is 0.284 e. The van der Waals surface area contributed by atoms with Crippen LogP contribution in [0.4, 0.5) is 0 Å². The van der Waals surface area contributed by atoms with Gasteiger partial charge in [-0.25, -0.2) is 8.42 Å². The number of sulfone groups is 1. The van der Waals surface area contributed by atoms with E-state index in [-0.39, 0.29) is 11.8 Å². The smallest absolute Gasteiger partial charge is 0.182 e. The quantitative estimate of drug-likeness (QED) is 0.849. The topological polar surface area (TPSA) is 46.5 Å². The van der Waals surface area contributed by atoms with E-state index >= 15 is 0 Å². The van der Waals surface area contributed by atoms with E-state index in [1.807, 2.05) is 19.1 Å². The Morgan fingerprint density at radius 2 is 1.95 bits per heavy atom. The first-order valence-corrected chi connectivity index (χ1v) is 9.02. The van der Waals surface area contributed by atoms with Crippen molar-refractivity contribution in [1.82, 2.24) is 0 Å². The molecule has 1 aliphatic heterocycles. The lowest BCUT2D eigenvalue weighted by Gasteiger charge is -2.37. The highest BCUT2D eigenvalue weighted by molar-refractivity contribution is 7.91. The first-order valence-electron chi connectivity index (χ1n) is 6.99. The average molecular weight is 334 g/mol. The minimum atomic E-state index is -3.39. The fourth-order valence-electron chi connectivity index (χ4n) is 2.82. The van der Waals surface area contributed by atoms with Crippen molar-refractivity contribution in [2.45, 2.75) is 17.9 Å². The van der Waals surface area contributed by atoms with E-state index in [2.05, 4.69) is 4.99 Å². The maximum absolute atomic E-state index is 12.6. The molecule has 0 bridgehead atoms. The third kappa shape index (κ3) is 2.57. The number of hydrogen-bond donors (Lipinski definition) is 0. The summed E-state index contributed by atoms with van der Waals surface area (Å²) in [5.41, 5.74) is 0.295. The molecular weight excluding hydrogens is 318 g/mol. The monoisotopic (exact) mass is 333 g/mol. The van der Waals surface area contributed by atoms with Crippen molar-refractivity contribution in [2.75, 3.05) is 5.75 Å². The van der Waals surface area contributed by atoms with Crippen molar-refractivity contribution in [3.05, 3.63) is 65.2 Å². The Morgan fingerprint density at radius 3 is 2.68 bits per heavy atom. The summed E-state index contributed by atoms with van der Waals surface area (Å²) in [6.07, 6.45) is 9.09.